The minimum absolute atomic E-state index is 0. The van der Waals surface area contributed by atoms with E-state index in [2.05, 4.69) is 9.32 Å². The molecule has 0 bridgehead atoms. The summed E-state index contributed by atoms with van der Waals surface area (Å²) < 4.78 is 25.1. The topological polar surface area (TPSA) is 89.6 Å². The quantitative estimate of drug-likeness (QED) is 0.703. The van der Waals surface area contributed by atoms with Crippen LogP contribution in [0.25, 0.3) is 0 Å². The summed E-state index contributed by atoms with van der Waals surface area (Å²) in [6.45, 7) is 0.000000000000000222. The van der Waals surface area contributed by atoms with Crippen molar-refractivity contribution in [3.05, 3.63) is 0 Å². The van der Waals surface area contributed by atoms with Crippen molar-refractivity contribution in [3.8, 4) is 0 Å². The fourth-order valence-corrected chi connectivity index (χ4v) is 1.76. The van der Waals surface area contributed by atoms with Crippen LogP contribution in [0.5, 0.6) is 0 Å². The Bertz CT molecular complexity index is 243. The fourth-order valence-electron chi connectivity index (χ4n) is 1.39. The lowest BCUT2D eigenvalue weighted by Crippen LogP contribution is -2.24. The number of aliphatic hydroxyl groups excluding tert-OH is 1. The van der Waals surface area contributed by atoms with Gasteiger partial charge in [-0.2, -0.15) is 8.42 Å². The van der Waals surface area contributed by atoms with E-state index >= 15 is 0 Å². The van der Waals surface area contributed by atoms with E-state index in [9.17, 15) is 13.5 Å². The lowest BCUT2D eigenvalue weighted by molar-refractivity contribution is 0.101. The molecular formula is C6H14ClNO4S. The van der Waals surface area contributed by atoms with Crippen LogP contribution >= 0.6 is 12.4 Å². The van der Waals surface area contributed by atoms with Crippen molar-refractivity contribution in [2.24, 2.45) is 11.1 Å². The highest BCUT2D eigenvalue weighted by molar-refractivity contribution is 7.84. The van der Waals surface area contributed by atoms with Gasteiger partial charge in [0.1, 0.15) is 0 Å². The summed E-state index contributed by atoms with van der Waals surface area (Å²) in [6, 6.07) is 0. The second-order valence-corrected chi connectivity index (χ2v) is 4.26. The van der Waals surface area contributed by atoms with Crippen LogP contribution in [-0.2, 0) is 14.5 Å². The van der Waals surface area contributed by atoms with Gasteiger partial charge in [-0.05, 0) is 12.8 Å². The second kappa shape index (κ2) is 5.11. The Labute approximate surface area is 83.9 Å². The first kappa shape index (κ1) is 13.1. The Hall–Kier alpha value is 0.120. The molecule has 1 aliphatic carbocycles. The zero-order valence-corrected chi connectivity index (χ0v) is 8.68. The molecule has 0 amide bonds. The van der Waals surface area contributed by atoms with E-state index in [1.54, 1.807) is 0 Å². The van der Waals surface area contributed by atoms with Gasteiger partial charge >= 0.3 is 10.3 Å². The molecule has 0 aromatic carbocycles. The van der Waals surface area contributed by atoms with Gasteiger partial charge in [-0.3, -0.25) is 4.18 Å². The van der Waals surface area contributed by atoms with Gasteiger partial charge < -0.3 is 5.11 Å². The number of hydrogen-bond donors (Lipinski definition) is 2. The van der Waals surface area contributed by atoms with Crippen LogP contribution < -0.4 is 5.14 Å². The van der Waals surface area contributed by atoms with E-state index in [4.69, 9.17) is 0 Å². The molecule has 2 atom stereocenters. The largest absolute Gasteiger partial charge is 0.393 e. The number of hydrogen-bond acceptors (Lipinski definition) is 4. The van der Waals surface area contributed by atoms with E-state index in [-0.39, 0.29) is 24.9 Å². The van der Waals surface area contributed by atoms with Crippen LogP contribution in [0.2, 0.25) is 0 Å². The van der Waals surface area contributed by atoms with Crippen molar-refractivity contribution < 1.29 is 17.7 Å². The third-order valence-corrected chi connectivity index (χ3v) is 2.53. The van der Waals surface area contributed by atoms with Gasteiger partial charge in [0.2, 0.25) is 0 Å². The van der Waals surface area contributed by atoms with Crippen LogP contribution in [0, 0.1) is 5.92 Å². The molecule has 7 heteroatoms. The average Bonchev–Trinajstić information content (AvgIpc) is 2.29. The molecule has 1 fully saturated rings. The van der Waals surface area contributed by atoms with Crippen molar-refractivity contribution in [3.63, 3.8) is 0 Å². The zero-order chi connectivity index (χ0) is 9.19. The zero-order valence-electron chi connectivity index (χ0n) is 7.05. The summed E-state index contributed by atoms with van der Waals surface area (Å²) in [4.78, 5) is 0. The van der Waals surface area contributed by atoms with E-state index in [1.165, 1.54) is 0 Å². The van der Waals surface area contributed by atoms with Crippen molar-refractivity contribution >= 4 is 22.7 Å². The van der Waals surface area contributed by atoms with Gasteiger partial charge in [-0.15, -0.1) is 12.4 Å². The maximum absolute atomic E-state index is 10.4. The van der Waals surface area contributed by atoms with Gasteiger partial charge in [0.05, 0.1) is 12.7 Å². The monoisotopic (exact) mass is 231 g/mol. The van der Waals surface area contributed by atoms with Crippen LogP contribution in [0.4, 0.5) is 0 Å². The summed E-state index contributed by atoms with van der Waals surface area (Å²) in [5, 5.41) is 13.9. The Morgan fingerprint density at radius 2 is 2.08 bits per heavy atom. The minimum atomic E-state index is -3.85. The van der Waals surface area contributed by atoms with Gasteiger partial charge in [-0.1, -0.05) is 6.42 Å². The highest BCUT2D eigenvalue weighted by Gasteiger charge is 2.26. The van der Waals surface area contributed by atoms with Gasteiger partial charge in [0.15, 0.2) is 0 Å². The van der Waals surface area contributed by atoms with Gasteiger partial charge in [0, 0.05) is 5.92 Å². The van der Waals surface area contributed by atoms with E-state index in [0.29, 0.717) is 0 Å². The molecule has 0 radical (unpaired) electrons. The standard InChI is InChI=1S/C6H13NO4S.ClH/c7-12(9,10)11-4-5-2-1-3-6(5)8;/h5-6,8H,1-4H2,(H2,7,9,10);1H. The third-order valence-electron chi connectivity index (χ3n) is 2.07. The molecule has 0 heterocycles. The van der Waals surface area contributed by atoms with Gasteiger partial charge in [0.25, 0.3) is 0 Å². The highest BCUT2D eigenvalue weighted by atomic mass is 35.5. The maximum atomic E-state index is 10.4. The SMILES string of the molecule is Cl.NS(=O)(=O)OCC1CCCC1O. The molecule has 0 saturated heterocycles. The molecule has 1 aliphatic rings. The summed E-state index contributed by atoms with van der Waals surface area (Å²) >= 11 is 0. The molecule has 2 unspecified atom stereocenters. The lowest BCUT2D eigenvalue weighted by atomic mass is 10.1. The Kier molecular flexibility index (Phi) is 5.16. The van der Waals surface area contributed by atoms with Crippen LogP contribution in [0.1, 0.15) is 19.3 Å². The van der Waals surface area contributed by atoms with Crippen LogP contribution in [-0.4, -0.2) is 26.2 Å². The summed E-state index contributed by atoms with van der Waals surface area (Å²) in [6.07, 6.45) is 2.00. The predicted molar refractivity (Wildman–Crippen MR) is 49.7 cm³/mol. The Balaban J connectivity index is 0.00000144. The van der Waals surface area contributed by atoms with Crippen molar-refractivity contribution in [1.29, 1.82) is 0 Å². The molecule has 1 saturated carbocycles. The number of rotatable bonds is 3. The average molecular weight is 232 g/mol. The second-order valence-electron chi connectivity index (χ2n) is 3.04. The summed E-state index contributed by atoms with van der Waals surface area (Å²) in [5.41, 5.74) is 0. The molecule has 0 aromatic rings. The molecule has 80 valence electrons. The molecule has 0 aromatic heterocycles. The summed E-state index contributed by atoms with van der Waals surface area (Å²) in [5.74, 6) is -0.0803. The molecular weight excluding hydrogens is 218 g/mol. The maximum Gasteiger partial charge on any atom is 0.333 e. The molecule has 0 aliphatic heterocycles. The normalized spacial score (nSPS) is 28.5. The van der Waals surface area contributed by atoms with E-state index in [0.717, 1.165) is 19.3 Å². The summed E-state index contributed by atoms with van der Waals surface area (Å²) in [7, 11) is -3.85. The Morgan fingerprint density at radius 1 is 1.46 bits per heavy atom. The van der Waals surface area contributed by atoms with Crippen molar-refractivity contribution in [1.82, 2.24) is 0 Å². The van der Waals surface area contributed by atoms with Gasteiger partial charge in [-0.25, -0.2) is 5.14 Å². The number of halogens is 1. The highest BCUT2D eigenvalue weighted by Crippen LogP contribution is 2.25. The molecule has 0 spiro atoms. The van der Waals surface area contributed by atoms with Crippen molar-refractivity contribution in [2.45, 2.75) is 25.4 Å². The van der Waals surface area contributed by atoms with E-state index in [1.807, 2.05) is 0 Å². The molecule has 1 rings (SSSR count). The molecule has 5 nitrogen and oxygen atoms in total. The van der Waals surface area contributed by atoms with Crippen LogP contribution in [0.3, 0.4) is 0 Å². The smallest absolute Gasteiger partial charge is 0.333 e. The number of aliphatic hydroxyl groups is 1. The first-order valence-corrected chi connectivity index (χ1v) is 5.31. The molecule has 13 heavy (non-hydrogen) atoms. The predicted octanol–water partition coefficient (Wildman–Crippen LogP) is -0.211. The minimum Gasteiger partial charge on any atom is -0.393 e. The van der Waals surface area contributed by atoms with Crippen LogP contribution in [0.15, 0.2) is 0 Å². The first-order valence-electron chi connectivity index (χ1n) is 3.84. The first-order chi connectivity index (χ1) is 5.49. The van der Waals surface area contributed by atoms with Crippen molar-refractivity contribution in [2.75, 3.05) is 6.61 Å². The third kappa shape index (κ3) is 4.78. The molecule has 3 N–H and O–H groups in total. The number of nitrogens with two attached hydrogens (primary N) is 1. The Morgan fingerprint density at radius 3 is 2.46 bits per heavy atom. The lowest BCUT2D eigenvalue weighted by Gasteiger charge is -2.12. The van der Waals surface area contributed by atoms with E-state index < -0.39 is 16.4 Å². The fraction of sp³-hybridized carbons (Fsp3) is 1.00.